The summed E-state index contributed by atoms with van der Waals surface area (Å²) < 4.78 is 38.4. The van der Waals surface area contributed by atoms with Gasteiger partial charge in [-0.2, -0.15) is 13.2 Å². The van der Waals surface area contributed by atoms with Crippen molar-refractivity contribution < 1.29 is 18.0 Å². The van der Waals surface area contributed by atoms with Crippen molar-refractivity contribution in [2.45, 2.75) is 19.3 Å². The van der Waals surface area contributed by atoms with Crippen molar-refractivity contribution in [3.05, 3.63) is 52.0 Å². The van der Waals surface area contributed by atoms with E-state index in [1.807, 2.05) is 0 Å². The first-order valence-electron chi connectivity index (χ1n) is 6.44. The molecule has 0 fully saturated rings. The highest BCUT2D eigenvalue weighted by Gasteiger charge is 2.29. The molecule has 2 rings (SSSR count). The van der Waals surface area contributed by atoms with Crippen LogP contribution in [0.4, 0.5) is 13.2 Å². The summed E-state index contributed by atoms with van der Waals surface area (Å²) in [4.78, 5) is 17.4. The summed E-state index contributed by atoms with van der Waals surface area (Å²) >= 11 is 11.7. The predicted molar refractivity (Wildman–Crippen MR) is 80.5 cm³/mol. The second-order valence-corrected chi connectivity index (χ2v) is 5.78. The molecule has 0 saturated heterocycles. The molecular formula is C14H12Cl2F3N3O. The molecule has 0 aliphatic carbocycles. The number of amides is 1. The smallest absolute Gasteiger partial charge is 0.334 e. The van der Waals surface area contributed by atoms with E-state index in [9.17, 15) is 18.0 Å². The third kappa shape index (κ3) is 4.87. The molecule has 0 N–H and O–H groups in total. The maximum absolute atomic E-state index is 12.5. The molecule has 0 bridgehead atoms. The fourth-order valence-electron chi connectivity index (χ4n) is 2.01. The number of hydrogen-bond acceptors (Lipinski definition) is 2. The predicted octanol–water partition coefficient (Wildman–Crippen LogP) is 4.02. The van der Waals surface area contributed by atoms with Gasteiger partial charge in [-0.05, 0) is 18.2 Å². The van der Waals surface area contributed by atoms with E-state index in [-0.39, 0.29) is 17.9 Å². The van der Waals surface area contributed by atoms with Gasteiger partial charge in [-0.1, -0.05) is 23.2 Å². The number of alkyl halides is 3. The van der Waals surface area contributed by atoms with Crippen LogP contribution in [0.15, 0.2) is 30.6 Å². The molecular weight excluding hydrogens is 354 g/mol. The second-order valence-electron chi connectivity index (χ2n) is 4.91. The lowest BCUT2D eigenvalue weighted by Gasteiger charge is -2.18. The van der Waals surface area contributed by atoms with Gasteiger partial charge in [-0.15, -0.1) is 0 Å². The van der Waals surface area contributed by atoms with Crippen LogP contribution in [0.5, 0.6) is 0 Å². The molecule has 0 radical (unpaired) electrons. The van der Waals surface area contributed by atoms with Crippen LogP contribution in [0.1, 0.15) is 16.2 Å². The number of nitrogens with zero attached hydrogens (tertiary/aromatic N) is 3. The molecule has 124 valence electrons. The van der Waals surface area contributed by atoms with Gasteiger partial charge in [0.2, 0.25) is 0 Å². The van der Waals surface area contributed by atoms with Crippen LogP contribution in [0.2, 0.25) is 10.0 Å². The second kappa shape index (κ2) is 6.80. The molecule has 1 amide bonds. The maximum atomic E-state index is 12.5. The van der Waals surface area contributed by atoms with Gasteiger partial charge in [0.05, 0.1) is 6.54 Å². The fraction of sp³-hybridized carbons (Fsp3) is 0.286. The normalized spacial score (nSPS) is 11.6. The highest BCUT2D eigenvalue weighted by molar-refractivity contribution is 6.35. The van der Waals surface area contributed by atoms with Crippen LogP contribution in [0, 0.1) is 0 Å². The van der Waals surface area contributed by atoms with E-state index in [4.69, 9.17) is 23.2 Å². The first-order valence-corrected chi connectivity index (χ1v) is 7.19. The highest BCUT2D eigenvalue weighted by Crippen LogP contribution is 2.21. The van der Waals surface area contributed by atoms with Crippen molar-refractivity contribution in [3.63, 3.8) is 0 Å². The number of carbonyl (C=O) groups is 1. The summed E-state index contributed by atoms with van der Waals surface area (Å²) in [5, 5.41) is 0.598. The molecule has 0 spiro atoms. The first kappa shape index (κ1) is 17.6. The van der Waals surface area contributed by atoms with Crippen LogP contribution in [-0.4, -0.2) is 33.6 Å². The molecule has 0 saturated carbocycles. The monoisotopic (exact) mass is 365 g/mol. The van der Waals surface area contributed by atoms with E-state index in [0.29, 0.717) is 10.0 Å². The Morgan fingerprint density at radius 2 is 1.87 bits per heavy atom. The zero-order valence-electron chi connectivity index (χ0n) is 11.9. The molecule has 1 aromatic carbocycles. The van der Waals surface area contributed by atoms with Gasteiger partial charge >= 0.3 is 6.18 Å². The van der Waals surface area contributed by atoms with Gasteiger partial charge in [0.25, 0.3) is 5.91 Å². The van der Waals surface area contributed by atoms with Crippen molar-refractivity contribution in [1.82, 2.24) is 14.5 Å². The lowest BCUT2D eigenvalue weighted by Crippen LogP contribution is -2.29. The quantitative estimate of drug-likeness (QED) is 0.820. The molecule has 0 unspecified atom stereocenters. The summed E-state index contributed by atoms with van der Waals surface area (Å²) in [6, 6.07) is 4.36. The Kier molecular flexibility index (Phi) is 5.21. The molecule has 23 heavy (non-hydrogen) atoms. The topological polar surface area (TPSA) is 38.1 Å². The molecule has 0 aliphatic heterocycles. The standard InChI is InChI=1S/C14H12Cl2F3N3O/c1-21(13(23)9-4-10(15)6-11(16)5-9)7-12-20-2-3-22(12)8-14(17,18)19/h2-6H,7-8H2,1H3. The van der Waals surface area contributed by atoms with Crippen LogP contribution in [0.3, 0.4) is 0 Å². The van der Waals surface area contributed by atoms with E-state index < -0.39 is 18.6 Å². The zero-order valence-corrected chi connectivity index (χ0v) is 13.5. The Morgan fingerprint density at radius 3 is 2.43 bits per heavy atom. The minimum Gasteiger partial charge on any atom is -0.334 e. The van der Waals surface area contributed by atoms with Crippen molar-refractivity contribution in [2.24, 2.45) is 0 Å². The molecule has 0 atom stereocenters. The third-order valence-corrected chi connectivity index (χ3v) is 3.42. The van der Waals surface area contributed by atoms with E-state index in [1.165, 1.54) is 42.5 Å². The maximum Gasteiger partial charge on any atom is 0.406 e. The number of halogens is 5. The zero-order chi connectivity index (χ0) is 17.2. The van der Waals surface area contributed by atoms with Crippen molar-refractivity contribution in [2.75, 3.05) is 7.05 Å². The summed E-state index contributed by atoms with van der Waals surface area (Å²) in [6.07, 6.45) is -1.88. The summed E-state index contributed by atoms with van der Waals surface area (Å²) in [6.45, 7) is -1.24. The van der Waals surface area contributed by atoms with Gasteiger partial charge in [-0.25, -0.2) is 4.98 Å². The molecule has 0 aliphatic rings. The van der Waals surface area contributed by atoms with E-state index in [1.54, 1.807) is 0 Å². The molecule has 1 aromatic heterocycles. The number of benzene rings is 1. The van der Waals surface area contributed by atoms with Gasteiger partial charge in [-0.3, -0.25) is 4.79 Å². The van der Waals surface area contributed by atoms with E-state index in [2.05, 4.69) is 4.98 Å². The Morgan fingerprint density at radius 1 is 1.26 bits per heavy atom. The fourth-order valence-corrected chi connectivity index (χ4v) is 2.54. The van der Waals surface area contributed by atoms with E-state index >= 15 is 0 Å². The van der Waals surface area contributed by atoms with Crippen molar-refractivity contribution in [1.29, 1.82) is 0 Å². The van der Waals surface area contributed by atoms with E-state index in [0.717, 1.165) is 4.57 Å². The Labute approximate surface area is 140 Å². The number of hydrogen-bond donors (Lipinski definition) is 0. The lowest BCUT2D eigenvalue weighted by atomic mass is 10.2. The molecule has 4 nitrogen and oxygen atoms in total. The van der Waals surface area contributed by atoms with Crippen molar-refractivity contribution in [3.8, 4) is 0 Å². The molecule has 1 heterocycles. The van der Waals surface area contributed by atoms with Gasteiger partial charge in [0, 0.05) is 35.1 Å². The summed E-state index contributed by atoms with van der Waals surface area (Å²) in [5.41, 5.74) is 0.249. The highest BCUT2D eigenvalue weighted by atomic mass is 35.5. The number of imidazole rings is 1. The average molecular weight is 366 g/mol. The van der Waals surface area contributed by atoms with Gasteiger partial charge < -0.3 is 9.47 Å². The number of rotatable bonds is 4. The number of carbonyl (C=O) groups excluding carboxylic acids is 1. The number of aromatic nitrogens is 2. The first-order chi connectivity index (χ1) is 10.7. The van der Waals surface area contributed by atoms with Gasteiger partial charge in [0.15, 0.2) is 0 Å². The Bertz CT molecular complexity index is 695. The van der Waals surface area contributed by atoms with Crippen LogP contribution in [-0.2, 0) is 13.1 Å². The minimum atomic E-state index is -4.36. The molecule has 9 heteroatoms. The third-order valence-electron chi connectivity index (χ3n) is 2.99. The SMILES string of the molecule is CN(Cc1nccn1CC(F)(F)F)C(=O)c1cc(Cl)cc(Cl)c1. The summed E-state index contributed by atoms with van der Waals surface area (Å²) in [7, 11) is 1.46. The lowest BCUT2D eigenvalue weighted by molar-refractivity contribution is -0.141. The largest absolute Gasteiger partial charge is 0.406 e. The Hall–Kier alpha value is -1.73. The Balaban J connectivity index is 2.14. The summed E-state index contributed by atoms with van der Waals surface area (Å²) in [5.74, 6) is -0.290. The average Bonchev–Trinajstić information content (AvgIpc) is 2.81. The van der Waals surface area contributed by atoms with Crippen molar-refractivity contribution >= 4 is 29.1 Å². The van der Waals surface area contributed by atoms with Gasteiger partial charge in [0.1, 0.15) is 12.4 Å². The van der Waals surface area contributed by atoms with Crippen LogP contribution < -0.4 is 0 Å². The minimum absolute atomic E-state index is 0.0773. The molecule has 2 aromatic rings. The van der Waals surface area contributed by atoms with Crippen LogP contribution in [0.25, 0.3) is 0 Å². The van der Waals surface area contributed by atoms with Crippen LogP contribution >= 0.6 is 23.2 Å².